The summed E-state index contributed by atoms with van der Waals surface area (Å²) in [6.07, 6.45) is 3.17. The van der Waals surface area contributed by atoms with E-state index in [-0.39, 0.29) is 18.0 Å². The van der Waals surface area contributed by atoms with Crippen molar-refractivity contribution >= 4 is 10.8 Å². The number of ether oxygens (including phenoxy) is 1. The Kier molecular flexibility index (Phi) is 3.58. The molecule has 0 bridgehead atoms. The van der Waals surface area contributed by atoms with Crippen molar-refractivity contribution < 1.29 is 14.3 Å². The third-order valence-electron chi connectivity index (χ3n) is 4.96. The first-order chi connectivity index (χ1) is 13.3. The van der Waals surface area contributed by atoms with Crippen LogP contribution in [-0.2, 0) is 6.54 Å². The molecule has 0 radical (unpaired) electrons. The number of furan rings is 1. The van der Waals surface area contributed by atoms with Gasteiger partial charge in [0.05, 0.1) is 24.4 Å². The van der Waals surface area contributed by atoms with Crippen LogP contribution in [-0.4, -0.2) is 21.3 Å². The Morgan fingerprint density at radius 2 is 2.00 bits per heavy atom. The van der Waals surface area contributed by atoms with Crippen LogP contribution < -0.4 is 10.2 Å². The molecular weight excluding hydrogens is 342 g/mol. The normalized spacial score (nSPS) is 15.2. The molecule has 0 amide bonds. The number of benzene rings is 2. The van der Waals surface area contributed by atoms with Crippen LogP contribution in [0.4, 0.5) is 0 Å². The second-order valence-corrected chi connectivity index (χ2v) is 6.48. The molecule has 0 saturated heterocycles. The summed E-state index contributed by atoms with van der Waals surface area (Å²) in [5.41, 5.74) is 1.84. The minimum atomic E-state index is -0.297. The molecule has 6 nitrogen and oxygen atoms in total. The van der Waals surface area contributed by atoms with Gasteiger partial charge in [0.1, 0.15) is 23.3 Å². The molecule has 2 N–H and O–H groups in total. The monoisotopic (exact) mass is 359 g/mol. The van der Waals surface area contributed by atoms with Gasteiger partial charge in [-0.3, -0.25) is 5.41 Å². The van der Waals surface area contributed by atoms with Crippen molar-refractivity contribution in [2.75, 3.05) is 6.61 Å². The van der Waals surface area contributed by atoms with Gasteiger partial charge in [-0.25, -0.2) is 4.98 Å². The van der Waals surface area contributed by atoms with Crippen molar-refractivity contribution in [3.05, 3.63) is 83.5 Å². The Labute approximate surface area is 154 Å². The van der Waals surface area contributed by atoms with Crippen LogP contribution in [0, 0.1) is 5.41 Å². The molecule has 27 heavy (non-hydrogen) atoms. The van der Waals surface area contributed by atoms with Gasteiger partial charge in [-0.2, -0.15) is 0 Å². The fourth-order valence-electron chi connectivity index (χ4n) is 3.73. The van der Waals surface area contributed by atoms with Crippen molar-refractivity contribution in [3.63, 3.8) is 0 Å². The molecule has 2 aromatic heterocycles. The zero-order valence-electron chi connectivity index (χ0n) is 14.4. The lowest BCUT2D eigenvalue weighted by atomic mass is 9.86. The lowest BCUT2D eigenvalue weighted by molar-refractivity contribution is 0.271. The number of nitrogens with one attached hydrogen (secondary N) is 1. The van der Waals surface area contributed by atoms with Crippen LogP contribution in [0.15, 0.2) is 65.5 Å². The largest absolute Gasteiger partial charge is 0.468 e. The van der Waals surface area contributed by atoms with E-state index in [0.29, 0.717) is 18.0 Å². The van der Waals surface area contributed by atoms with E-state index >= 15 is 0 Å². The summed E-state index contributed by atoms with van der Waals surface area (Å²) in [4.78, 5) is 4.43. The smallest absolute Gasteiger partial charge is 0.228 e. The van der Waals surface area contributed by atoms with Gasteiger partial charge < -0.3 is 18.8 Å². The highest BCUT2D eigenvalue weighted by Gasteiger charge is 2.34. The van der Waals surface area contributed by atoms with Gasteiger partial charge in [0.2, 0.25) is 5.88 Å². The predicted molar refractivity (Wildman–Crippen MR) is 98.8 cm³/mol. The van der Waals surface area contributed by atoms with Crippen LogP contribution in [0.5, 0.6) is 11.6 Å². The molecule has 134 valence electrons. The van der Waals surface area contributed by atoms with E-state index in [1.165, 1.54) is 6.33 Å². The number of nitrogens with zero attached hydrogens (tertiary/aromatic N) is 2. The number of hydrogen-bond acceptors (Lipinski definition) is 5. The van der Waals surface area contributed by atoms with Crippen LogP contribution in [0.25, 0.3) is 10.8 Å². The summed E-state index contributed by atoms with van der Waals surface area (Å²) in [5, 5.41) is 20.0. The second kappa shape index (κ2) is 6.10. The standard InChI is InChI=1S/C21H17N3O3/c22-20-18-17(16-6-3-11-26-16)15-8-7-13-4-1-2-5-14(13)19(15)27-21(18)23-12-24(20)9-10-25/h1-8,11-12,17,22,25H,9-10H2/t17-/m1/s1. The second-order valence-electron chi connectivity index (χ2n) is 6.48. The van der Waals surface area contributed by atoms with Crippen molar-refractivity contribution in [1.29, 1.82) is 5.41 Å². The molecule has 3 heterocycles. The SMILES string of the molecule is N=c1c2c(ncn1CCO)Oc1c(ccc3ccccc13)[C@@H]2c1ccco1. The average Bonchev–Trinajstić information content (AvgIpc) is 3.23. The van der Waals surface area contributed by atoms with Crippen LogP contribution in [0.3, 0.4) is 0 Å². The lowest BCUT2D eigenvalue weighted by Gasteiger charge is -2.28. The van der Waals surface area contributed by atoms with E-state index in [0.717, 1.165) is 27.8 Å². The highest BCUT2D eigenvalue weighted by molar-refractivity contribution is 5.91. The molecule has 0 saturated carbocycles. The molecule has 0 fully saturated rings. The topological polar surface area (TPSA) is 84.3 Å². The highest BCUT2D eigenvalue weighted by atomic mass is 16.5. The van der Waals surface area contributed by atoms with Gasteiger partial charge in [0.25, 0.3) is 0 Å². The van der Waals surface area contributed by atoms with E-state index in [9.17, 15) is 5.11 Å². The zero-order chi connectivity index (χ0) is 18.4. The first-order valence-corrected chi connectivity index (χ1v) is 8.75. The fraction of sp³-hybridized carbons (Fsp3) is 0.143. The Bertz CT molecular complexity index is 1200. The first kappa shape index (κ1) is 15.8. The quantitative estimate of drug-likeness (QED) is 0.517. The van der Waals surface area contributed by atoms with E-state index in [4.69, 9.17) is 14.6 Å². The summed E-state index contributed by atoms with van der Waals surface area (Å²) in [6.45, 7) is 0.235. The molecule has 1 atom stereocenters. The molecule has 1 aliphatic heterocycles. The van der Waals surface area contributed by atoms with Crippen molar-refractivity contribution in [3.8, 4) is 11.6 Å². The van der Waals surface area contributed by atoms with Gasteiger partial charge in [-0.1, -0.05) is 36.4 Å². The zero-order valence-corrected chi connectivity index (χ0v) is 14.4. The number of rotatable bonds is 3. The fourth-order valence-corrected chi connectivity index (χ4v) is 3.73. The van der Waals surface area contributed by atoms with Gasteiger partial charge >= 0.3 is 0 Å². The minimum Gasteiger partial charge on any atom is -0.468 e. The summed E-state index contributed by atoms with van der Waals surface area (Å²) in [6, 6.07) is 15.9. The molecule has 5 rings (SSSR count). The van der Waals surface area contributed by atoms with Crippen LogP contribution in [0.1, 0.15) is 22.8 Å². The molecule has 2 aromatic carbocycles. The lowest BCUT2D eigenvalue weighted by Crippen LogP contribution is -2.30. The Morgan fingerprint density at radius 3 is 2.81 bits per heavy atom. The highest BCUT2D eigenvalue weighted by Crippen LogP contribution is 2.47. The number of hydrogen-bond donors (Lipinski definition) is 2. The van der Waals surface area contributed by atoms with Crippen LogP contribution in [0.2, 0.25) is 0 Å². The first-order valence-electron chi connectivity index (χ1n) is 8.75. The Morgan fingerprint density at radius 1 is 1.11 bits per heavy atom. The Balaban J connectivity index is 1.82. The molecule has 0 aliphatic carbocycles. The predicted octanol–water partition coefficient (Wildman–Crippen LogP) is 3.39. The molecule has 1 aliphatic rings. The van der Waals surface area contributed by atoms with E-state index < -0.39 is 0 Å². The van der Waals surface area contributed by atoms with Crippen molar-refractivity contribution in [2.45, 2.75) is 12.5 Å². The third-order valence-corrected chi connectivity index (χ3v) is 4.96. The van der Waals surface area contributed by atoms with Gasteiger partial charge in [0, 0.05) is 17.5 Å². The number of aliphatic hydroxyl groups is 1. The van der Waals surface area contributed by atoms with Crippen molar-refractivity contribution in [1.82, 2.24) is 9.55 Å². The average molecular weight is 359 g/mol. The summed E-state index contributed by atoms with van der Waals surface area (Å²) < 4.78 is 13.5. The van der Waals surface area contributed by atoms with Crippen molar-refractivity contribution in [2.24, 2.45) is 0 Å². The number of fused-ring (bicyclic) bond motifs is 4. The van der Waals surface area contributed by atoms with Gasteiger partial charge in [0.15, 0.2) is 0 Å². The summed E-state index contributed by atoms with van der Waals surface area (Å²) >= 11 is 0. The maximum atomic E-state index is 9.29. The van der Waals surface area contributed by atoms with Gasteiger partial charge in [-0.05, 0) is 17.5 Å². The maximum absolute atomic E-state index is 9.29. The van der Waals surface area contributed by atoms with E-state index in [1.54, 1.807) is 10.8 Å². The van der Waals surface area contributed by atoms with Gasteiger partial charge in [-0.15, -0.1) is 0 Å². The molecule has 4 aromatic rings. The number of aromatic nitrogens is 2. The maximum Gasteiger partial charge on any atom is 0.228 e. The summed E-state index contributed by atoms with van der Waals surface area (Å²) in [5.74, 6) is 1.58. The molecule has 6 heteroatoms. The third kappa shape index (κ3) is 2.38. The Hall–Kier alpha value is -3.38. The molecule has 0 spiro atoms. The summed E-state index contributed by atoms with van der Waals surface area (Å²) in [7, 11) is 0. The van der Waals surface area contributed by atoms with E-state index in [1.807, 2.05) is 42.5 Å². The molecule has 0 unspecified atom stereocenters. The molecular formula is C21H17N3O3. The van der Waals surface area contributed by atoms with Crippen LogP contribution >= 0.6 is 0 Å². The van der Waals surface area contributed by atoms with E-state index in [2.05, 4.69) is 11.1 Å². The minimum absolute atomic E-state index is 0.0650. The number of aliphatic hydroxyl groups excluding tert-OH is 1.